The van der Waals surface area contributed by atoms with Gasteiger partial charge in [-0.05, 0) is 26.7 Å². The Bertz CT molecular complexity index is 387. The molecule has 130 valence electrons. The van der Waals surface area contributed by atoms with Gasteiger partial charge in [-0.25, -0.2) is 9.59 Å². The Labute approximate surface area is 134 Å². The first-order valence-corrected chi connectivity index (χ1v) is 7.42. The van der Waals surface area contributed by atoms with Crippen molar-refractivity contribution in [2.45, 2.75) is 38.9 Å². The van der Waals surface area contributed by atoms with Crippen molar-refractivity contribution >= 4 is 25.0 Å². The summed E-state index contributed by atoms with van der Waals surface area (Å²) < 4.78 is 25.0. The second kappa shape index (κ2) is 11.4. The number of aliphatic imine (C=N–C) groups is 2. The highest BCUT2D eigenvalue weighted by Gasteiger charge is 2.27. The summed E-state index contributed by atoms with van der Waals surface area (Å²) in [6.07, 6.45) is 1.55. The molecule has 0 aliphatic carbocycles. The molecule has 0 spiro atoms. The summed E-state index contributed by atoms with van der Waals surface area (Å²) in [7, 11) is 0. The highest BCUT2D eigenvalue weighted by atomic mass is 16.6. The minimum atomic E-state index is -0.734. The molecule has 0 bridgehead atoms. The second-order valence-electron chi connectivity index (χ2n) is 4.49. The summed E-state index contributed by atoms with van der Waals surface area (Å²) in [5.74, 6) is 0. The van der Waals surface area contributed by atoms with E-state index in [0.29, 0.717) is 26.1 Å². The molecular weight excluding hydrogens is 308 g/mol. The molecule has 0 aromatic carbocycles. The molecule has 9 heteroatoms. The Balaban J connectivity index is 2.15. The molecule has 0 unspecified atom stereocenters. The van der Waals surface area contributed by atoms with Crippen molar-refractivity contribution < 1.29 is 33.3 Å². The van der Waals surface area contributed by atoms with Gasteiger partial charge in [0.15, 0.2) is 12.8 Å². The van der Waals surface area contributed by atoms with Crippen molar-refractivity contribution in [2.24, 2.45) is 9.98 Å². The Morgan fingerprint density at radius 2 is 1.39 bits per heavy atom. The fraction of sp³-hybridized carbons (Fsp3) is 0.714. The average molecular weight is 330 g/mol. The SMILES string of the molecule is CCOC=NC(=O)OC[C@@H]1CC[C@@H](COC(=O)N=COCC)O1. The molecule has 0 N–H and O–H groups in total. The lowest BCUT2D eigenvalue weighted by Crippen LogP contribution is -2.22. The van der Waals surface area contributed by atoms with Crippen molar-refractivity contribution in [3.05, 3.63) is 0 Å². The number of carbonyl (C=O) groups is 2. The van der Waals surface area contributed by atoms with Crippen LogP contribution in [0.25, 0.3) is 0 Å². The fourth-order valence-electron chi connectivity index (χ4n) is 1.74. The number of amides is 2. The van der Waals surface area contributed by atoms with Crippen LogP contribution in [0.5, 0.6) is 0 Å². The maximum absolute atomic E-state index is 11.2. The van der Waals surface area contributed by atoms with Gasteiger partial charge in [-0.1, -0.05) is 0 Å². The first-order valence-electron chi connectivity index (χ1n) is 7.42. The molecule has 0 radical (unpaired) electrons. The molecule has 23 heavy (non-hydrogen) atoms. The van der Waals surface area contributed by atoms with Crippen LogP contribution < -0.4 is 0 Å². The standard InChI is InChI=1S/C14H22N2O7/c1-3-19-9-15-13(17)21-7-11-5-6-12(23-11)8-22-14(18)16-10-20-4-2/h9-12H,3-8H2,1-2H3/t11-,12-/m0/s1. The van der Waals surface area contributed by atoms with Crippen molar-refractivity contribution in [3.8, 4) is 0 Å². The zero-order valence-corrected chi connectivity index (χ0v) is 13.3. The third kappa shape index (κ3) is 8.77. The lowest BCUT2D eigenvalue weighted by Gasteiger charge is -2.12. The number of ether oxygens (including phenoxy) is 5. The van der Waals surface area contributed by atoms with Gasteiger partial charge in [0.1, 0.15) is 13.2 Å². The summed E-state index contributed by atoms with van der Waals surface area (Å²) in [5, 5.41) is 0. The number of carbonyl (C=O) groups excluding carboxylic acids is 2. The van der Waals surface area contributed by atoms with Crippen LogP contribution in [0.2, 0.25) is 0 Å². The van der Waals surface area contributed by atoms with E-state index in [4.69, 9.17) is 23.7 Å². The van der Waals surface area contributed by atoms with Gasteiger partial charge in [-0.2, -0.15) is 0 Å². The van der Waals surface area contributed by atoms with Gasteiger partial charge in [0.05, 0.1) is 25.4 Å². The van der Waals surface area contributed by atoms with Gasteiger partial charge in [-0.3, -0.25) is 0 Å². The van der Waals surface area contributed by atoms with Crippen LogP contribution in [-0.4, -0.2) is 63.6 Å². The number of nitrogens with zero attached hydrogens (tertiary/aromatic N) is 2. The van der Waals surface area contributed by atoms with E-state index >= 15 is 0 Å². The summed E-state index contributed by atoms with van der Waals surface area (Å²) in [5.41, 5.74) is 0. The lowest BCUT2D eigenvalue weighted by molar-refractivity contribution is -0.0177. The molecular formula is C14H22N2O7. The minimum Gasteiger partial charge on any atom is -0.483 e. The predicted octanol–water partition coefficient (Wildman–Crippen LogP) is 1.94. The van der Waals surface area contributed by atoms with Gasteiger partial charge in [-0.15, -0.1) is 9.98 Å². The minimum absolute atomic E-state index is 0.0925. The Morgan fingerprint density at radius 1 is 0.957 bits per heavy atom. The zero-order valence-electron chi connectivity index (χ0n) is 13.3. The van der Waals surface area contributed by atoms with E-state index in [-0.39, 0.29) is 25.4 Å². The van der Waals surface area contributed by atoms with Gasteiger partial charge < -0.3 is 23.7 Å². The highest BCUT2D eigenvalue weighted by Crippen LogP contribution is 2.20. The molecule has 0 aromatic heterocycles. The van der Waals surface area contributed by atoms with Crippen LogP contribution in [-0.2, 0) is 23.7 Å². The fourth-order valence-corrected chi connectivity index (χ4v) is 1.74. The first-order chi connectivity index (χ1) is 11.2. The van der Waals surface area contributed by atoms with E-state index in [2.05, 4.69) is 9.98 Å². The molecule has 9 nitrogen and oxygen atoms in total. The molecule has 0 aromatic rings. The van der Waals surface area contributed by atoms with E-state index in [1.165, 1.54) is 0 Å². The predicted molar refractivity (Wildman–Crippen MR) is 80.8 cm³/mol. The summed E-state index contributed by atoms with van der Waals surface area (Å²) in [4.78, 5) is 29.3. The summed E-state index contributed by atoms with van der Waals surface area (Å²) >= 11 is 0. The molecule has 1 saturated heterocycles. The Morgan fingerprint density at radius 3 is 1.78 bits per heavy atom. The summed E-state index contributed by atoms with van der Waals surface area (Å²) in [6.45, 7) is 4.59. The molecule has 2 atom stereocenters. The molecule has 1 rings (SSSR count). The van der Waals surface area contributed by atoms with Crippen molar-refractivity contribution in [2.75, 3.05) is 26.4 Å². The van der Waals surface area contributed by atoms with Crippen LogP contribution in [0, 0.1) is 0 Å². The lowest BCUT2D eigenvalue weighted by atomic mass is 10.2. The maximum atomic E-state index is 11.2. The van der Waals surface area contributed by atoms with Crippen molar-refractivity contribution in [3.63, 3.8) is 0 Å². The summed E-state index contributed by atoms with van der Waals surface area (Å²) in [6, 6.07) is 0. The molecule has 1 aliphatic rings. The largest absolute Gasteiger partial charge is 0.483 e. The van der Waals surface area contributed by atoms with Crippen LogP contribution in [0.15, 0.2) is 9.98 Å². The smallest absolute Gasteiger partial charge is 0.436 e. The second-order valence-corrected chi connectivity index (χ2v) is 4.49. The van der Waals surface area contributed by atoms with Crippen LogP contribution in [0.4, 0.5) is 9.59 Å². The van der Waals surface area contributed by atoms with E-state index in [1.54, 1.807) is 13.8 Å². The normalized spacial score (nSPS) is 20.8. The number of hydrogen-bond acceptors (Lipinski definition) is 7. The van der Waals surface area contributed by atoms with Crippen molar-refractivity contribution in [1.82, 2.24) is 0 Å². The van der Waals surface area contributed by atoms with E-state index in [0.717, 1.165) is 12.8 Å². The maximum Gasteiger partial charge on any atom is 0.436 e. The first kappa shape index (κ1) is 18.9. The monoisotopic (exact) mass is 330 g/mol. The Kier molecular flexibility index (Phi) is 9.37. The van der Waals surface area contributed by atoms with Gasteiger partial charge in [0.25, 0.3) is 0 Å². The number of hydrogen-bond donors (Lipinski definition) is 0. The van der Waals surface area contributed by atoms with Crippen LogP contribution in [0.3, 0.4) is 0 Å². The highest BCUT2D eigenvalue weighted by molar-refractivity contribution is 5.76. The average Bonchev–Trinajstić information content (AvgIpc) is 2.99. The van der Waals surface area contributed by atoms with Crippen LogP contribution in [0.1, 0.15) is 26.7 Å². The van der Waals surface area contributed by atoms with Crippen LogP contribution >= 0.6 is 0 Å². The van der Waals surface area contributed by atoms with Gasteiger partial charge in [0, 0.05) is 0 Å². The third-order valence-electron chi connectivity index (χ3n) is 2.78. The van der Waals surface area contributed by atoms with Gasteiger partial charge in [0.2, 0.25) is 0 Å². The molecule has 1 heterocycles. The molecule has 2 amide bonds. The topological polar surface area (TPSA) is 105 Å². The molecule has 1 aliphatic heterocycles. The van der Waals surface area contributed by atoms with E-state index < -0.39 is 12.2 Å². The quantitative estimate of drug-likeness (QED) is 0.494. The van der Waals surface area contributed by atoms with Gasteiger partial charge >= 0.3 is 12.2 Å². The zero-order chi connectivity index (χ0) is 16.9. The Hall–Kier alpha value is -2.16. The van der Waals surface area contributed by atoms with E-state index in [9.17, 15) is 9.59 Å². The molecule has 1 fully saturated rings. The molecule has 0 saturated carbocycles. The van der Waals surface area contributed by atoms with E-state index in [1.807, 2.05) is 0 Å². The third-order valence-corrected chi connectivity index (χ3v) is 2.78. The van der Waals surface area contributed by atoms with Crippen molar-refractivity contribution in [1.29, 1.82) is 0 Å². The number of rotatable bonds is 8.